The standard InChI is InChI=1S/C24H26N2O3S2/c1-16-14-30-24(25-16)31-15-17-6-8-18(9-7-17)23(27)26-12-4-5-21(26)20-11-10-19(28-2)13-22(20)29-3/h6-11,13-14,21H,4-5,12,15H2,1-3H3/t21-/m0/s1. The maximum atomic E-state index is 13.3. The number of hydrogen-bond donors (Lipinski definition) is 0. The molecule has 3 aromatic rings. The van der Waals surface area contributed by atoms with Gasteiger partial charge in [0, 0.05) is 40.6 Å². The monoisotopic (exact) mass is 454 g/mol. The predicted octanol–water partition coefficient (Wildman–Crippen LogP) is 5.74. The molecule has 5 nitrogen and oxygen atoms in total. The third kappa shape index (κ3) is 4.88. The molecular weight excluding hydrogens is 428 g/mol. The van der Waals surface area contributed by atoms with E-state index < -0.39 is 0 Å². The van der Waals surface area contributed by atoms with Gasteiger partial charge >= 0.3 is 0 Å². The van der Waals surface area contributed by atoms with E-state index in [1.54, 1.807) is 37.3 Å². The Balaban J connectivity index is 1.47. The Labute approximate surface area is 191 Å². The van der Waals surface area contributed by atoms with E-state index in [0.29, 0.717) is 0 Å². The molecule has 7 heteroatoms. The summed E-state index contributed by atoms with van der Waals surface area (Å²) >= 11 is 3.40. The summed E-state index contributed by atoms with van der Waals surface area (Å²) in [5.74, 6) is 2.42. The van der Waals surface area contributed by atoms with Crippen molar-refractivity contribution in [3.8, 4) is 11.5 Å². The number of ether oxygens (including phenoxy) is 2. The molecule has 1 aliphatic heterocycles. The van der Waals surface area contributed by atoms with Crippen LogP contribution in [-0.4, -0.2) is 36.6 Å². The Bertz CT molecular complexity index is 1050. The minimum atomic E-state index is 0.0109. The summed E-state index contributed by atoms with van der Waals surface area (Å²) in [4.78, 5) is 19.7. The second-order valence-corrected chi connectivity index (χ2v) is 9.59. The first kappa shape index (κ1) is 21.7. The average Bonchev–Trinajstić information content (AvgIpc) is 3.46. The van der Waals surface area contributed by atoms with Crippen molar-refractivity contribution < 1.29 is 14.3 Å². The van der Waals surface area contributed by atoms with Gasteiger partial charge in [-0.15, -0.1) is 11.3 Å². The van der Waals surface area contributed by atoms with Crippen molar-refractivity contribution in [1.29, 1.82) is 0 Å². The molecule has 2 heterocycles. The van der Waals surface area contributed by atoms with E-state index in [9.17, 15) is 4.79 Å². The Kier molecular flexibility index (Phi) is 6.83. The van der Waals surface area contributed by atoms with Crippen molar-refractivity contribution in [2.45, 2.75) is 35.9 Å². The molecule has 4 rings (SSSR count). The molecule has 0 N–H and O–H groups in total. The Morgan fingerprint density at radius 1 is 1.19 bits per heavy atom. The molecule has 0 radical (unpaired) electrons. The van der Waals surface area contributed by atoms with E-state index in [2.05, 4.69) is 10.4 Å². The number of carbonyl (C=O) groups excluding carboxylic acids is 1. The van der Waals surface area contributed by atoms with Crippen LogP contribution in [-0.2, 0) is 5.75 Å². The maximum absolute atomic E-state index is 13.3. The first-order valence-electron chi connectivity index (χ1n) is 10.3. The van der Waals surface area contributed by atoms with E-state index in [0.717, 1.165) is 57.8 Å². The smallest absolute Gasteiger partial charge is 0.254 e. The largest absolute Gasteiger partial charge is 0.497 e. The Morgan fingerprint density at radius 3 is 2.68 bits per heavy atom. The molecule has 31 heavy (non-hydrogen) atoms. The zero-order valence-electron chi connectivity index (χ0n) is 18.0. The normalized spacial score (nSPS) is 15.8. The summed E-state index contributed by atoms with van der Waals surface area (Å²) in [6.07, 6.45) is 1.91. The highest BCUT2D eigenvalue weighted by molar-refractivity contribution is 8.00. The van der Waals surface area contributed by atoms with Crippen LogP contribution < -0.4 is 9.47 Å². The molecule has 1 saturated heterocycles. The third-order valence-corrected chi connectivity index (χ3v) is 7.68. The number of thiazole rings is 1. The van der Waals surface area contributed by atoms with Crippen LogP contribution in [0.1, 0.15) is 46.1 Å². The lowest BCUT2D eigenvalue weighted by atomic mass is 10.0. The van der Waals surface area contributed by atoms with E-state index >= 15 is 0 Å². The lowest BCUT2D eigenvalue weighted by molar-refractivity contribution is 0.0734. The highest BCUT2D eigenvalue weighted by Gasteiger charge is 2.32. The fraction of sp³-hybridized carbons (Fsp3) is 0.333. The molecule has 1 fully saturated rings. The highest BCUT2D eigenvalue weighted by Crippen LogP contribution is 2.39. The van der Waals surface area contributed by atoms with Gasteiger partial charge in [-0.2, -0.15) is 0 Å². The lowest BCUT2D eigenvalue weighted by Crippen LogP contribution is -2.30. The van der Waals surface area contributed by atoms with Gasteiger partial charge in [-0.25, -0.2) is 4.98 Å². The SMILES string of the molecule is COc1ccc([C@@H]2CCCN2C(=O)c2ccc(CSc3nc(C)cs3)cc2)c(OC)c1. The van der Waals surface area contributed by atoms with Crippen LogP contribution in [0.25, 0.3) is 0 Å². The van der Waals surface area contributed by atoms with Gasteiger partial charge in [0.2, 0.25) is 0 Å². The van der Waals surface area contributed by atoms with Crippen LogP contribution >= 0.6 is 23.1 Å². The number of hydrogen-bond acceptors (Lipinski definition) is 6. The molecule has 0 unspecified atom stereocenters. The van der Waals surface area contributed by atoms with Crippen molar-refractivity contribution in [3.05, 3.63) is 70.2 Å². The van der Waals surface area contributed by atoms with Crippen LogP contribution in [0.2, 0.25) is 0 Å². The first-order valence-corrected chi connectivity index (χ1v) is 12.1. The third-order valence-electron chi connectivity index (χ3n) is 5.47. The van der Waals surface area contributed by atoms with Gasteiger partial charge in [0.15, 0.2) is 0 Å². The molecule has 0 bridgehead atoms. The summed E-state index contributed by atoms with van der Waals surface area (Å²) in [6, 6.07) is 13.8. The van der Waals surface area contributed by atoms with Crippen molar-refractivity contribution >= 4 is 29.0 Å². The number of aryl methyl sites for hydroxylation is 1. The molecule has 1 aliphatic rings. The zero-order valence-corrected chi connectivity index (χ0v) is 19.6. The lowest BCUT2D eigenvalue weighted by Gasteiger charge is -2.26. The van der Waals surface area contributed by atoms with Crippen molar-refractivity contribution in [3.63, 3.8) is 0 Å². The molecule has 1 atom stereocenters. The molecule has 0 aliphatic carbocycles. The van der Waals surface area contributed by atoms with Gasteiger partial charge in [0.05, 0.1) is 20.3 Å². The van der Waals surface area contributed by atoms with Crippen LogP contribution in [0.3, 0.4) is 0 Å². The van der Waals surface area contributed by atoms with Gasteiger partial charge < -0.3 is 14.4 Å². The fourth-order valence-corrected chi connectivity index (χ4v) is 5.69. The number of likely N-dealkylation sites (tertiary alicyclic amines) is 1. The number of methoxy groups -OCH3 is 2. The highest BCUT2D eigenvalue weighted by atomic mass is 32.2. The first-order chi connectivity index (χ1) is 15.1. The number of aromatic nitrogens is 1. The zero-order chi connectivity index (χ0) is 21.8. The number of carbonyl (C=O) groups is 1. The molecule has 162 valence electrons. The number of nitrogens with zero attached hydrogens (tertiary/aromatic N) is 2. The average molecular weight is 455 g/mol. The van der Waals surface area contributed by atoms with Gasteiger partial charge in [-0.1, -0.05) is 23.9 Å². The second kappa shape index (κ2) is 9.75. The minimum absolute atomic E-state index is 0.0109. The van der Waals surface area contributed by atoms with Gasteiger partial charge in [-0.3, -0.25) is 4.79 Å². The summed E-state index contributed by atoms with van der Waals surface area (Å²) in [7, 11) is 3.29. The van der Waals surface area contributed by atoms with E-state index in [1.165, 1.54) is 5.56 Å². The number of thioether (sulfide) groups is 1. The van der Waals surface area contributed by atoms with Crippen molar-refractivity contribution in [2.75, 3.05) is 20.8 Å². The van der Waals surface area contributed by atoms with Crippen LogP contribution in [0.5, 0.6) is 11.5 Å². The van der Waals surface area contributed by atoms with Crippen molar-refractivity contribution in [1.82, 2.24) is 9.88 Å². The summed E-state index contributed by atoms with van der Waals surface area (Å²) in [5.41, 5.74) is 3.99. The van der Waals surface area contributed by atoms with Crippen LogP contribution in [0.4, 0.5) is 0 Å². The number of benzene rings is 2. The quantitative estimate of drug-likeness (QED) is 0.426. The summed E-state index contributed by atoms with van der Waals surface area (Å²) < 4.78 is 12.0. The second-order valence-electron chi connectivity index (χ2n) is 7.50. The fourth-order valence-electron chi connectivity index (χ4n) is 3.88. The molecule has 0 saturated carbocycles. The van der Waals surface area contributed by atoms with Crippen molar-refractivity contribution in [2.24, 2.45) is 0 Å². The molecular formula is C24H26N2O3S2. The summed E-state index contributed by atoms with van der Waals surface area (Å²) in [6.45, 7) is 2.76. The van der Waals surface area contributed by atoms with E-state index in [-0.39, 0.29) is 11.9 Å². The van der Waals surface area contributed by atoms with Gasteiger partial charge in [0.25, 0.3) is 5.91 Å². The van der Waals surface area contributed by atoms with Gasteiger partial charge in [-0.05, 0) is 49.6 Å². The van der Waals surface area contributed by atoms with Gasteiger partial charge in [0.1, 0.15) is 15.8 Å². The predicted molar refractivity (Wildman–Crippen MR) is 125 cm³/mol. The number of rotatable bonds is 7. The number of amides is 1. The summed E-state index contributed by atoms with van der Waals surface area (Å²) in [5, 5.41) is 2.06. The van der Waals surface area contributed by atoms with E-state index in [1.807, 2.05) is 54.3 Å². The van der Waals surface area contributed by atoms with E-state index in [4.69, 9.17) is 9.47 Å². The molecule has 1 aromatic heterocycles. The maximum Gasteiger partial charge on any atom is 0.254 e. The topological polar surface area (TPSA) is 51.7 Å². The van der Waals surface area contributed by atoms with Crippen LogP contribution in [0.15, 0.2) is 52.2 Å². The molecule has 1 amide bonds. The Hall–Kier alpha value is -2.51. The molecule has 2 aromatic carbocycles. The Morgan fingerprint density at radius 2 is 2.00 bits per heavy atom. The minimum Gasteiger partial charge on any atom is -0.497 e. The van der Waals surface area contributed by atoms with Crippen LogP contribution in [0, 0.1) is 6.92 Å². The molecule has 0 spiro atoms.